The summed E-state index contributed by atoms with van der Waals surface area (Å²) in [4.78, 5) is 44.4. The zero-order valence-electron chi connectivity index (χ0n) is 19.2. The second-order valence-electron chi connectivity index (χ2n) is 8.71. The number of aromatic nitrogens is 1. The highest BCUT2D eigenvalue weighted by Crippen LogP contribution is 2.36. The molecule has 3 heterocycles. The van der Waals surface area contributed by atoms with Gasteiger partial charge in [0, 0.05) is 56.6 Å². The Labute approximate surface area is 198 Å². The highest BCUT2D eigenvalue weighted by atomic mass is 32.2. The number of thioether (sulfide) groups is 1. The van der Waals surface area contributed by atoms with Gasteiger partial charge in [-0.05, 0) is 25.7 Å². The molecule has 0 radical (unpaired) electrons. The quantitative estimate of drug-likeness (QED) is 0.307. The maximum absolute atomic E-state index is 12.4. The molecule has 0 bridgehead atoms. The number of fused-ring (bicyclic) bond motifs is 1. The maximum atomic E-state index is 12.4. The normalized spacial score (nSPS) is 21.7. The number of unbranched alkanes of at least 4 members (excludes halogenated alkanes) is 3. The van der Waals surface area contributed by atoms with E-state index in [-0.39, 0.29) is 42.2 Å². The number of carbonyl (C=O) groups excluding carboxylic acids is 3. The number of carbonyl (C=O) groups is 3. The molecule has 33 heavy (non-hydrogen) atoms. The summed E-state index contributed by atoms with van der Waals surface area (Å²) < 4.78 is 0.681. The minimum atomic E-state index is -0.545. The van der Waals surface area contributed by atoms with Crippen molar-refractivity contribution < 1.29 is 29.4 Å². The van der Waals surface area contributed by atoms with Crippen LogP contribution in [0.4, 0.5) is 4.79 Å². The Morgan fingerprint density at radius 1 is 1.15 bits per heavy atom. The molecule has 3 atom stereocenters. The van der Waals surface area contributed by atoms with Gasteiger partial charge in [0.1, 0.15) is 0 Å². The van der Waals surface area contributed by atoms with Crippen molar-refractivity contribution in [3.05, 3.63) is 12.1 Å². The lowest BCUT2D eigenvalue weighted by molar-refractivity contribution is -0.145. The highest BCUT2D eigenvalue weighted by Gasteiger charge is 2.46. The van der Waals surface area contributed by atoms with E-state index < -0.39 is 5.97 Å². The Morgan fingerprint density at radius 3 is 2.58 bits per heavy atom. The molecule has 0 aliphatic carbocycles. The van der Waals surface area contributed by atoms with Gasteiger partial charge in [0.2, 0.25) is 17.7 Å². The summed E-state index contributed by atoms with van der Waals surface area (Å²) in [6.07, 6.45) is 5.64. The molecule has 0 saturated carbocycles. The average molecular weight is 483 g/mol. The molecule has 2 aliphatic rings. The Kier molecular flexibility index (Phi) is 8.76. The van der Waals surface area contributed by atoms with Gasteiger partial charge in [-0.1, -0.05) is 12.8 Å². The predicted octanol–water partition coefficient (Wildman–Crippen LogP) is 1.94. The van der Waals surface area contributed by atoms with E-state index in [1.165, 1.54) is 12.1 Å². The van der Waals surface area contributed by atoms with Crippen molar-refractivity contribution in [1.29, 1.82) is 0 Å². The van der Waals surface area contributed by atoms with Crippen LogP contribution in [0.2, 0.25) is 0 Å². The number of amides is 3. The summed E-state index contributed by atoms with van der Waals surface area (Å²) >= 11 is 1.91. The number of nitrogens with zero attached hydrogens (tertiary/aromatic N) is 3. The fraction of sp³-hybridized carbons (Fsp3) is 0.682. The molecule has 3 amide bonds. The van der Waals surface area contributed by atoms with Gasteiger partial charge in [-0.3, -0.25) is 4.79 Å². The summed E-state index contributed by atoms with van der Waals surface area (Å²) in [5.74, 6) is -0.144. The van der Waals surface area contributed by atoms with Crippen LogP contribution in [0.25, 0.3) is 0 Å². The molecule has 2 fully saturated rings. The Balaban J connectivity index is 1.22. The summed E-state index contributed by atoms with van der Waals surface area (Å²) in [7, 11) is 3.66. The number of urea groups is 1. The van der Waals surface area contributed by atoms with E-state index in [2.05, 4.69) is 5.32 Å². The molecule has 10 nitrogen and oxygen atoms in total. The molecule has 1 aromatic rings. The predicted molar refractivity (Wildman–Crippen MR) is 124 cm³/mol. The largest absolute Gasteiger partial charge is 0.492 e. The van der Waals surface area contributed by atoms with Crippen molar-refractivity contribution in [2.45, 2.75) is 68.7 Å². The number of hydrogen-bond donors (Lipinski definition) is 3. The van der Waals surface area contributed by atoms with Crippen molar-refractivity contribution in [3.8, 4) is 11.8 Å². The van der Waals surface area contributed by atoms with Crippen LogP contribution in [0.15, 0.2) is 12.1 Å². The molecule has 1 aromatic heterocycles. The van der Waals surface area contributed by atoms with Crippen LogP contribution >= 0.6 is 11.8 Å². The third-order valence-electron chi connectivity index (χ3n) is 6.28. The van der Waals surface area contributed by atoms with Crippen molar-refractivity contribution in [2.24, 2.45) is 0 Å². The van der Waals surface area contributed by atoms with Gasteiger partial charge in [-0.25, -0.2) is 9.59 Å². The van der Waals surface area contributed by atoms with Gasteiger partial charge in [0.05, 0.1) is 12.1 Å². The SMILES string of the molecule is CN(CCCCCC(=O)On1c(O)ccc1O)C(=O)CCCCC1SCC2NC(=O)N(C)C21. The summed E-state index contributed by atoms with van der Waals surface area (Å²) in [5, 5.41) is 22.4. The van der Waals surface area contributed by atoms with Gasteiger partial charge < -0.3 is 30.2 Å². The lowest BCUT2D eigenvalue weighted by Crippen LogP contribution is -2.38. The smallest absolute Gasteiger partial charge is 0.333 e. The standard InChI is InChI=1S/C22H34N4O6S/c1-24(13-7-3-4-10-20(30)32-26-18(28)11-12-19(26)29)17(27)9-6-5-8-16-21-15(14-33-16)23-22(31)25(21)2/h11-12,15-16,21,28-29H,3-10,13-14H2,1-2H3,(H,23,31). The molecule has 3 rings (SSSR count). The first-order chi connectivity index (χ1) is 15.8. The molecular formula is C22H34N4O6S. The molecule has 0 spiro atoms. The zero-order valence-corrected chi connectivity index (χ0v) is 20.1. The first kappa shape index (κ1) is 25.1. The molecule has 0 aromatic carbocycles. The van der Waals surface area contributed by atoms with Gasteiger partial charge in [-0.15, -0.1) is 4.73 Å². The molecule has 2 saturated heterocycles. The molecule has 3 unspecified atom stereocenters. The maximum Gasteiger partial charge on any atom is 0.333 e. The first-order valence-electron chi connectivity index (χ1n) is 11.5. The number of aromatic hydroxyl groups is 2. The lowest BCUT2D eigenvalue weighted by atomic mass is 10.0. The molecular weight excluding hydrogens is 448 g/mol. The van der Waals surface area contributed by atoms with Crippen molar-refractivity contribution in [3.63, 3.8) is 0 Å². The lowest BCUT2D eigenvalue weighted by Gasteiger charge is -2.23. The van der Waals surface area contributed by atoms with Crippen LogP contribution in [0.5, 0.6) is 11.8 Å². The molecule has 3 N–H and O–H groups in total. The van der Waals surface area contributed by atoms with E-state index >= 15 is 0 Å². The minimum absolute atomic E-state index is 0.0171. The number of nitrogens with one attached hydrogen (secondary N) is 1. The Hall–Kier alpha value is -2.56. The summed E-state index contributed by atoms with van der Waals surface area (Å²) in [6.45, 7) is 0.633. The van der Waals surface area contributed by atoms with E-state index in [1.807, 2.05) is 23.7 Å². The third-order valence-corrected chi connectivity index (χ3v) is 7.77. The first-order valence-corrected chi connectivity index (χ1v) is 12.5. The zero-order chi connectivity index (χ0) is 24.0. The van der Waals surface area contributed by atoms with Crippen molar-refractivity contribution in [1.82, 2.24) is 19.8 Å². The van der Waals surface area contributed by atoms with Crippen LogP contribution in [0.3, 0.4) is 0 Å². The third kappa shape index (κ3) is 6.49. The topological polar surface area (TPSA) is 124 Å². The van der Waals surface area contributed by atoms with Gasteiger partial charge >= 0.3 is 12.0 Å². The average Bonchev–Trinajstić information content (AvgIpc) is 3.41. The van der Waals surface area contributed by atoms with Gasteiger partial charge in [0.15, 0.2) is 0 Å². The van der Waals surface area contributed by atoms with Crippen LogP contribution in [-0.2, 0) is 9.59 Å². The highest BCUT2D eigenvalue weighted by molar-refractivity contribution is 8.00. The minimum Gasteiger partial charge on any atom is -0.492 e. The van der Waals surface area contributed by atoms with E-state index in [9.17, 15) is 24.6 Å². The van der Waals surface area contributed by atoms with E-state index in [0.717, 1.165) is 37.9 Å². The Morgan fingerprint density at radius 2 is 1.85 bits per heavy atom. The van der Waals surface area contributed by atoms with Crippen LogP contribution in [0.1, 0.15) is 51.4 Å². The fourth-order valence-corrected chi connectivity index (χ4v) is 5.99. The van der Waals surface area contributed by atoms with Crippen LogP contribution in [0, 0.1) is 0 Å². The van der Waals surface area contributed by atoms with E-state index in [0.29, 0.717) is 29.4 Å². The molecule has 11 heteroatoms. The second-order valence-corrected chi connectivity index (χ2v) is 9.98. The van der Waals surface area contributed by atoms with Crippen LogP contribution in [-0.4, -0.2) is 86.4 Å². The van der Waals surface area contributed by atoms with Crippen molar-refractivity contribution in [2.75, 3.05) is 26.4 Å². The molecule has 2 aliphatic heterocycles. The number of likely N-dealkylation sites (N-methyl/N-ethyl adjacent to an activating group) is 1. The van der Waals surface area contributed by atoms with Gasteiger partial charge in [0.25, 0.3) is 0 Å². The van der Waals surface area contributed by atoms with Crippen molar-refractivity contribution >= 4 is 29.7 Å². The molecule has 184 valence electrons. The van der Waals surface area contributed by atoms with Gasteiger partial charge in [-0.2, -0.15) is 11.8 Å². The van der Waals surface area contributed by atoms with E-state index in [1.54, 1.807) is 11.9 Å². The fourth-order valence-electron chi connectivity index (χ4n) is 4.36. The summed E-state index contributed by atoms with van der Waals surface area (Å²) in [5.41, 5.74) is 0. The summed E-state index contributed by atoms with van der Waals surface area (Å²) in [6, 6.07) is 2.99. The van der Waals surface area contributed by atoms with Crippen LogP contribution < -0.4 is 10.2 Å². The number of hydrogen-bond acceptors (Lipinski definition) is 7. The Bertz CT molecular complexity index is 827. The van der Waals surface area contributed by atoms with E-state index in [4.69, 9.17) is 4.84 Å². The monoisotopic (exact) mass is 482 g/mol. The second kappa shape index (κ2) is 11.5. The number of rotatable bonds is 12.